The molecule has 0 radical (unpaired) electrons. The quantitative estimate of drug-likeness (QED) is 0.0553. The van der Waals surface area contributed by atoms with Crippen LogP contribution in [-0.2, 0) is 27.4 Å². The number of aliphatic hydroxyl groups excluding tert-OH is 6. The van der Waals surface area contributed by atoms with E-state index in [1.807, 2.05) is 67.6 Å². The van der Waals surface area contributed by atoms with Crippen LogP contribution in [-0.4, -0.2) is 130 Å². The van der Waals surface area contributed by atoms with Gasteiger partial charge in [-0.05, 0) is 72.9 Å². The van der Waals surface area contributed by atoms with Gasteiger partial charge in [0.1, 0.15) is 85.0 Å². The molecule has 2 aliphatic rings. The highest BCUT2D eigenvalue weighted by molar-refractivity contribution is 5.99. The molecule has 0 bridgehead atoms. The summed E-state index contributed by atoms with van der Waals surface area (Å²) in [6.45, 7) is 12.3. The Bertz CT molecular complexity index is 2270. The van der Waals surface area contributed by atoms with Crippen LogP contribution in [0.25, 0.3) is 0 Å². The monoisotopic (exact) mass is 960 g/mol. The van der Waals surface area contributed by atoms with Crippen molar-refractivity contribution in [3.63, 3.8) is 0 Å². The van der Waals surface area contributed by atoms with Crippen LogP contribution in [0.4, 0.5) is 0 Å². The van der Waals surface area contributed by atoms with Gasteiger partial charge < -0.3 is 74.4 Å². The number of aryl methyl sites for hydroxylation is 2. The summed E-state index contributed by atoms with van der Waals surface area (Å²) >= 11 is 0. The summed E-state index contributed by atoms with van der Waals surface area (Å²) in [6, 6.07) is 25.5. The van der Waals surface area contributed by atoms with E-state index in [4.69, 9.17) is 33.2 Å². The van der Waals surface area contributed by atoms with Gasteiger partial charge in [0.15, 0.2) is 12.6 Å². The maximum absolute atomic E-state index is 14.0. The smallest absolute Gasteiger partial charge is 0.255 e. The molecule has 8 N–H and O–H groups in total. The van der Waals surface area contributed by atoms with Crippen molar-refractivity contribution in [2.24, 2.45) is 11.8 Å². The Balaban J connectivity index is 1.12. The summed E-state index contributed by atoms with van der Waals surface area (Å²) < 4.78 is 41.8. The number of carbonyl (C=O) groups is 2. The van der Waals surface area contributed by atoms with Crippen molar-refractivity contribution in [1.29, 1.82) is 0 Å². The molecule has 2 amide bonds. The van der Waals surface area contributed by atoms with Crippen LogP contribution in [0.2, 0.25) is 0 Å². The van der Waals surface area contributed by atoms with Gasteiger partial charge in [0.25, 0.3) is 11.8 Å². The van der Waals surface area contributed by atoms with Crippen molar-refractivity contribution in [1.82, 2.24) is 10.6 Å². The molecule has 0 aromatic heterocycles. The molecule has 11 atom stereocenters. The van der Waals surface area contributed by atoms with Gasteiger partial charge in [0.2, 0.25) is 0 Å². The average Bonchev–Trinajstić information content (AvgIpc) is 3.33. The summed E-state index contributed by atoms with van der Waals surface area (Å²) in [4.78, 5) is 27.8. The molecule has 2 saturated heterocycles. The average molecular weight is 961 g/mol. The van der Waals surface area contributed by atoms with Gasteiger partial charge in [-0.25, -0.2) is 0 Å². The van der Waals surface area contributed by atoms with Crippen LogP contribution >= 0.6 is 0 Å². The molecular weight excluding hydrogens is 893 g/mol. The molecule has 6 rings (SSSR count). The lowest BCUT2D eigenvalue weighted by Gasteiger charge is -2.45. The number of nitrogens with one attached hydrogen (secondary N) is 2. The maximum atomic E-state index is 14.0. The van der Waals surface area contributed by atoms with E-state index in [-0.39, 0.29) is 48.3 Å². The van der Waals surface area contributed by atoms with E-state index in [1.165, 1.54) is 0 Å². The van der Waals surface area contributed by atoms with Gasteiger partial charge in [-0.15, -0.1) is 0 Å². The number of benzene rings is 4. The Morgan fingerprint density at radius 3 is 1.45 bits per heavy atom. The van der Waals surface area contributed by atoms with Crippen LogP contribution in [0.3, 0.4) is 0 Å². The summed E-state index contributed by atoms with van der Waals surface area (Å²) in [6.07, 6.45) is -15.5. The molecule has 376 valence electrons. The van der Waals surface area contributed by atoms with Gasteiger partial charge in [-0.1, -0.05) is 88.4 Å². The lowest BCUT2D eigenvalue weighted by molar-refractivity contribution is -0.372. The Morgan fingerprint density at radius 1 is 0.594 bits per heavy atom. The number of rotatable bonds is 22. The Kier molecular flexibility index (Phi) is 19.2. The zero-order chi connectivity index (χ0) is 49.8. The van der Waals surface area contributed by atoms with Crippen molar-refractivity contribution in [3.8, 4) is 23.0 Å². The molecule has 4 aromatic carbocycles. The third-order valence-electron chi connectivity index (χ3n) is 11.9. The lowest BCUT2D eigenvalue weighted by Crippen LogP contribution is -2.64. The molecule has 2 aliphatic heterocycles. The molecule has 1 unspecified atom stereocenters. The third-order valence-corrected chi connectivity index (χ3v) is 11.9. The number of amides is 2. The number of aliphatic hydroxyl groups is 6. The molecule has 0 spiro atoms. The van der Waals surface area contributed by atoms with E-state index in [0.29, 0.717) is 41.8 Å². The largest absolute Gasteiger partial charge is 0.493 e. The lowest BCUT2D eigenvalue weighted by atomic mass is 9.97. The first kappa shape index (κ1) is 53.0. The second-order valence-electron chi connectivity index (χ2n) is 18.3. The Labute approximate surface area is 403 Å². The van der Waals surface area contributed by atoms with Crippen LogP contribution in [0.5, 0.6) is 23.0 Å². The molecule has 0 saturated carbocycles. The third kappa shape index (κ3) is 14.1. The molecule has 2 fully saturated rings. The van der Waals surface area contributed by atoms with Crippen LogP contribution < -0.4 is 29.6 Å². The molecule has 2 heterocycles. The van der Waals surface area contributed by atoms with Gasteiger partial charge in [0, 0.05) is 25.2 Å². The molecule has 17 heteroatoms. The first-order valence-electron chi connectivity index (χ1n) is 23.5. The van der Waals surface area contributed by atoms with Gasteiger partial charge in [-0.2, -0.15) is 0 Å². The van der Waals surface area contributed by atoms with E-state index < -0.39 is 79.8 Å². The minimum Gasteiger partial charge on any atom is -0.493 e. The van der Waals surface area contributed by atoms with E-state index in [1.54, 1.807) is 38.1 Å². The second-order valence-corrected chi connectivity index (χ2v) is 18.3. The van der Waals surface area contributed by atoms with E-state index in [0.717, 1.165) is 24.0 Å². The highest BCUT2D eigenvalue weighted by Crippen LogP contribution is 2.33. The topological polar surface area (TPSA) is 244 Å². The zero-order valence-electron chi connectivity index (χ0n) is 40.0. The number of carbonyl (C=O) groups excluding carboxylic acids is 2. The van der Waals surface area contributed by atoms with E-state index >= 15 is 0 Å². The molecule has 17 nitrogen and oxygen atoms in total. The Morgan fingerprint density at radius 2 is 1.03 bits per heavy atom. The highest BCUT2D eigenvalue weighted by atomic mass is 16.8. The maximum Gasteiger partial charge on any atom is 0.255 e. The molecular formula is C52H68N2O15. The highest BCUT2D eigenvalue weighted by Gasteiger charge is 2.50. The first-order chi connectivity index (χ1) is 33.0. The van der Waals surface area contributed by atoms with E-state index in [2.05, 4.69) is 31.4 Å². The number of ether oxygens (including phenoxy) is 7. The van der Waals surface area contributed by atoms with Crippen molar-refractivity contribution < 1.29 is 73.4 Å². The second kappa shape index (κ2) is 25.0. The van der Waals surface area contributed by atoms with Crippen LogP contribution in [0, 0.1) is 25.7 Å². The molecule has 0 aliphatic carbocycles. The predicted molar refractivity (Wildman–Crippen MR) is 253 cm³/mol. The van der Waals surface area contributed by atoms with Gasteiger partial charge in [0.05, 0.1) is 24.3 Å². The first-order valence-corrected chi connectivity index (χ1v) is 23.5. The fraction of sp³-hybridized carbons (Fsp3) is 0.500. The number of hydrogen-bond acceptors (Lipinski definition) is 15. The van der Waals surface area contributed by atoms with Crippen molar-refractivity contribution >= 4 is 11.8 Å². The fourth-order valence-corrected chi connectivity index (χ4v) is 8.31. The summed E-state index contributed by atoms with van der Waals surface area (Å²) in [5.41, 5.74) is 3.21. The zero-order valence-corrected chi connectivity index (χ0v) is 40.0. The number of hydrogen-bond donors (Lipinski definition) is 8. The van der Waals surface area contributed by atoms with Crippen LogP contribution in [0.1, 0.15) is 83.5 Å². The standard InChI is InChI=1S/C52H68N2O15/c1-7-18-63-35-20-31(5)41(37(22-35)65-27-33-14-10-8-11-15-33)49(61)53-24-39-43(55)45(57)47(59)51(67-39)69-52-48(60)46(58)44(56)40(68-52)25-54-50(62)42-32(6)21-36(64-26-30(4)19-29(2)3)23-38(42)66-28-34-16-12-9-13-17-34/h8-17,20-23,29-30,39-40,43-48,51-52,55-60H,7,18-19,24-28H2,1-6H3,(H,53,61)(H,54,62)/t30?,39-,40-,43-,44-,45+,46+,47-,48-,51-,52-/m1/s1. The molecule has 69 heavy (non-hydrogen) atoms. The summed E-state index contributed by atoms with van der Waals surface area (Å²) in [7, 11) is 0. The molecule has 4 aromatic rings. The normalized spacial score (nSPS) is 25.1. The fourth-order valence-electron chi connectivity index (χ4n) is 8.31. The van der Waals surface area contributed by atoms with Crippen molar-refractivity contribution in [2.45, 2.75) is 129 Å². The summed E-state index contributed by atoms with van der Waals surface area (Å²) in [5.74, 6) is 1.13. The van der Waals surface area contributed by atoms with Crippen LogP contribution in [0.15, 0.2) is 84.9 Å². The minimum absolute atomic E-state index is 0.156. The van der Waals surface area contributed by atoms with Crippen molar-refractivity contribution in [2.75, 3.05) is 26.3 Å². The van der Waals surface area contributed by atoms with Crippen molar-refractivity contribution in [3.05, 3.63) is 118 Å². The minimum atomic E-state index is -1.90. The van der Waals surface area contributed by atoms with E-state index in [9.17, 15) is 40.2 Å². The SMILES string of the molecule is CCCOc1cc(C)c(C(=O)NC[C@H]2O[C@H](O[C@H]3O[C@H](CNC(=O)c4c(C)cc(OCC(C)CC(C)C)cc4OCc4ccccc4)[C@@H](O)[C@H](O)[C@H]3O)[C@H](O)[C@@H](O)[C@@H]2O)c(OCc2ccccc2)c1. The predicted octanol–water partition coefficient (Wildman–Crippen LogP) is 4.10. The Hall–Kier alpha value is -5.34. The summed E-state index contributed by atoms with van der Waals surface area (Å²) in [5, 5.41) is 71.2. The van der Waals surface area contributed by atoms with Gasteiger partial charge >= 0.3 is 0 Å². The van der Waals surface area contributed by atoms with Gasteiger partial charge in [-0.3, -0.25) is 9.59 Å².